The predicted octanol–water partition coefficient (Wildman–Crippen LogP) is 3.31. The fourth-order valence-electron chi connectivity index (χ4n) is 4.18. The second-order valence-corrected chi connectivity index (χ2v) is 7.72. The highest BCUT2D eigenvalue weighted by atomic mass is 16.2. The standard InChI is InChI=1S/C20H28N4O/c1-4-10-23-11-5-8-20(19(23)25)9-12-24(14-20)18-16(13-21)6-7-17(22-18)15(2)3/h6-7,15H,4-5,8-12,14H2,1-3H3. The zero-order chi connectivity index (χ0) is 18.0. The lowest BCUT2D eigenvalue weighted by molar-refractivity contribution is -0.145. The van der Waals surface area contributed by atoms with Crippen LogP contribution in [0.15, 0.2) is 12.1 Å². The van der Waals surface area contributed by atoms with Gasteiger partial charge >= 0.3 is 0 Å². The summed E-state index contributed by atoms with van der Waals surface area (Å²) in [7, 11) is 0. The van der Waals surface area contributed by atoms with Gasteiger partial charge in [-0.3, -0.25) is 4.79 Å². The molecule has 25 heavy (non-hydrogen) atoms. The van der Waals surface area contributed by atoms with E-state index < -0.39 is 0 Å². The van der Waals surface area contributed by atoms with Gasteiger partial charge in [0.1, 0.15) is 11.9 Å². The quantitative estimate of drug-likeness (QED) is 0.844. The smallest absolute Gasteiger partial charge is 0.230 e. The topological polar surface area (TPSA) is 60.2 Å². The molecule has 0 aromatic carbocycles. The second kappa shape index (κ2) is 7.03. The molecule has 3 rings (SSSR count). The number of rotatable bonds is 4. The Bertz CT molecular complexity index is 691. The highest BCUT2D eigenvalue weighted by Crippen LogP contribution is 2.42. The first-order valence-corrected chi connectivity index (χ1v) is 9.46. The van der Waals surface area contributed by atoms with Gasteiger partial charge in [-0.25, -0.2) is 4.98 Å². The number of pyridine rings is 1. The van der Waals surface area contributed by atoms with E-state index in [2.05, 4.69) is 31.7 Å². The highest BCUT2D eigenvalue weighted by molar-refractivity contribution is 5.85. The lowest BCUT2D eigenvalue weighted by atomic mass is 9.78. The summed E-state index contributed by atoms with van der Waals surface area (Å²) in [6, 6.07) is 6.08. The van der Waals surface area contributed by atoms with Gasteiger partial charge in [0.15, 0.2) is 0 Å². The lowest BCUT2D eigenvalue weighted by Crippen LogP contribution is -2.50. The maximum absolute atomic E-state index is 13.1. The van der Waals surface area contributed by atoms with Crippen LogP contribution in [0.2, 0.25) is 0 Å². The predicted molar refractivity (Wildman–Crippen MR) is 98.4 cm³/mol. The molecule has 1 amide bonds. The number of piperidine rings is 1. The summed E-state index contributed by atoms with van der Waals surface area (Å²) >= 11 is 0. The van der Waals surface area contributed by atoms with E-state index in [4.69, 9.17) is 4.98 Å². The Hall–Kier alpha value is -2.09. The van der Waals surface area contributed by atoms with Crippen LogP contribution in [-0.4, -0.2) is 42.0 Å². The van der Waals surface area contributed by atoms with Crippen molar-refractivity contribution in [3.63, 3.8) is 0 Å². The van der Waals surface area contributed by atoms with Crippen molar-refractivity contribution in [3.8, 4) is 6.07 Å². The van der Waals surface area contributed by atoms with Crippen molar-refractivity contribution >= 4 is 11.7 Å². The van der Waals surface area contributed by atoms with E-state index in [1.807, 2.05) is 17.0 Å². The zero-order valence-electron chi connectivity index (χ0n) is 15.6. The van der Waals surface area contributed by atoms with Crippen molar-refractivity contribution < 1.29 is 4.79 Å². The minimum Gasteiger partial charge on any atom is -0.354 e. The van der Waals surface area contributed by atoms with Crippen molar-refractivity contribution in [1.29, 1.82) is 5.26 Å². The Labute approximate surface area is 150 Å². The van der Waals surface area contributed by atoms with Crippen LogP contribution in [0.1, 0.15) is 63.6 Å². The summed E-state index contributed by atoms with van der Waals surface area (Å²) in [6.07, 6.45) is 3.89. The normalized spacial score (nSPS) is 23.6. The van der Waals surface area contributed by atoms with E-state index in [1.165, 1.54) is 0 Å². The number of anilines is 1. The molecule has 0 bridgehead atoms. The number of amides is 1. The molecule has 0 radical (unpaired) electrons. The van der Waals surface area contributed by atoms with Gasteiger partial charge in [-0.1, -0.05) is 20.8 Å². The zero-order valence-corrected chi connectivity index (χ0v) is 15.6. The minimum absolute atomic E-state index is 0.282. The summed E-state index contributed by atoms with van der Waals surface area (Å²) in [5, 5.41) is 9.48. The van der Waals surface area contributed by atoms with Gasteiger partial charge in [-0.15, -0.1) is 0 Å². The number of hydrogen-bond donors (Lipinski definition) is 0. The van der Waals surface area contributed by atoms with Crippen LogP contribution < -0.4 is 4.90 Å². The molecule has 2 aliphatic rings. The molecule has 2 aliphatic heterocycles. The second-order valence-electron chi connectivity index (χ2n) is 7.72. The average molecular weight is 340 g/mol. The monoisotopic (exact) mass is 340 g/mol. The van der Waals surface area contributed by atoms with Crippen LogP contribution in [-0.2, 0) is 4.79 Å². The SMILES string of the molecule is CCCN1CCCC2(CCN(c3nc(C(C)C)ccc3C#N)C2)C1=O. The Morgan fingerprint density at radius 2 is 2.12 bits per heavy atom. The average Bonchev–Trinajstić information content (AvgIpc) is 3.03. The van der Waals surface area contributed by atoms with Crippen molar-refractivity contribution in [3.05, 3.63) is 23.4 Å². The van der Waals surface area contributed by atoms with E-state index in [9.17, 15) is 10.1 Å². The van der Waals surface area contributed by atoms with Gasteiger partial charge in [0.2, 0.25) is 5.91 Å². The molecule has 0 N–H and O–H groups in total. The number of hydrogen-bond acceptors (Lipinski definition) is 4. The number of carbonyl (C=O) groups is 1. The Morgan fingerprint density at radius 1 is 1.32 bits per heavy atom. The van der Waals surface area contributed by atoms with E-state index in [-0.39, 0.29) is 5.41 Å². The number of likely N-dealkylation sites (tertiary alicyclic amines) is 1. The van der Waals surface area contributed by atoms with E-state index in [0.717, 1.165) is 56.8 Å². The first kappa shape index (κ1) is 17.7. The van der Waals surface area contributed by atoms with Crippen LogP contribution in [0, 0.1) is 16.7 Å². The maximum atomic E-state index is 13.1. The van der Waals surface area contributed by atoms with Crippen LogP contribution >= 0.6 is 0 Å². The minimum atomic E-state index is -0.282. The molecule has 2 fully saturated rings. The fourth-order valence-corrected chi connectivity index (χ4v) is 4.18. The van der Waals surface area contributed by atoms with E-state index in [1.54, 1.807) is 0 Å². The van der Waals surface area contributed by atoms with Gasteiger partial charge < -0.3 is 9.80 Å². The van der Waals surface area contributed by atoms with Crippen LogP contribution in [0.4, 0.5) is 5.82 Å². The van der Waals surface area contributed by atoms with Crippen LogP contribution in [0.3, 0.4) is 0 Å². The van der Waals surface area contributed by atoms with Gasteiger partial charge in [0.25, 0.3) is 0 Å². The summed E-state index contributed by atoms with van der Waals surface area (Å²) in [5.74, 6) is 1.38. The first-order valence-electron chi connectivity index (χ1n) is 9.46. The molecular formula is C20H28N4O. The summed E-state index contributed by atoms with van der Waals surface area (Å²) in [6.45, 7) is 9.57. The lowest BCUT2D eigenvalue weighted by Gasteiger charge is -2.39. The number of nitriles is 1. The van der Waals surface area contributed by atoms with Crippen LogP contribution in [0.25, 0.3) is 0 Å². The van der Waals surface area contributed by atoms with Crippen molar-refractivity contribution in [2.75, 3.05) is 31.1 Å². The largest absolute Gasteiger partial charge is 0.354 e. The molecule has 0 saturated carbocycles. The van der Waals surface area contributed by atoms with Gasteiger partial charge in [-0.2, -0.15) is 5.26 Å². The molecule has 1 atom stereocenters. The molecule has 0 aliphatic carbocycles. The van der Waals surface area contributed by atoms with Crippen molar-refractivity contribution in [2.24, 2.45) is 5.41 Å². The first-order chi connectivity index (χ1) is 12.0. The van der Waals surface area contributed by atoms with E-state index in [0.29, 0.717) is 23.9 Å². The molecule has 1 aromatic heterocycles. The third-order valence-electron chi connectivity index (χ3n) is 5.58. The fraction of sp³-hybridized carbons (Fsp3) is 0.650. The van der Waals surface area contributed by atoms with E-state index >= 15 is 0 Å². The van der Waals surface area contributed by atoms with Gasteiger partial charge in [-0.05, 0) is 43.7 Å². The molecule has 5 nitrogen and oxygen atoms in total. The van der Waals surface area contributed by atoms with Crippen molar-refractivity contribution in [1.82, 2.24) is 9.88 Å². The summed E-state index contributed by atoms with van der Waals surface area (Å²) in [5.41, 5.74) is 1.32. The molecule has 5 heteroatoms. The van der Waals surface area contributed by atoms with Gasteiger partial charge in [0.05, 0.1) is 11.0 Å². The number of nitrogens with zero attached hydrogens (tertiary/aromatic N) is 4. The number of aromatic nitrogens is 1. The third kappa shape index (κ3) is 3.22. The maximum Gasteiger partial charge on any atom is 0.230 e. The molecule has 134 valence electrons. The molecule has 1 aromatic rings. The van der Waals surface area contributed by atoms with Crippen LogP contribution in [0.5, 0.6) is 0 Å². The Kier molecular flexibility index (Phi) is 4.99. The Morgan fingerprint density at radius 3 is 2.80 bits per heavy atom. The number of carbonyl (C=O) groups excluding carboxylic acids is 1. The summed E-state index contributed by atoms with van der Waals surface area (Å²) in [4.78, 5) is 22.0. The molecule has 1 unspecified atom stereocenters. The molecular weight excluding hydrogens is 312 g/mol. The highest BCUT2D eigenvalue weighted by Gasteiger charge is 2.48. The van der Waals surface area contributed by atoms with Crippen molar-refractivity contribution in [2.45, 2.75) is 52.4 Å². The molecule has 3 heterocycles. The molecule has 2 saturated heterocycles. The molecule has 1 spiro atoms. The Balaban J connectivity index is 1.86. The summed E-state index contributed by atoms with van der Waals surface area (Å²) < 4.78 is 0. The van der Waals surface area contributed by atoms with Gasteiger partial charge in [0, 0.05) is 31.9 Å². The third-order valence-corrected chi connectivity index (χ3v) is 5.58.